The Labute approximate surface area is 190 Å². The fourth-order valence-corrected chi connectivity index (χ4v) is 6.77. The summed E-state index contributed by atoms with van der Waals surface area (Å²) < 4.78 is 19.3. The van der Waals surface area contributed by atoms with Crippen LogP contribution in [0.4, 0.5) is 0 Å². The lowest BCUT2D eigenvalue weighted by Crippen LogP contribution is -3.00. The zero-order valence-electron chi connectivity index (χ0n) is 20.6. The molecule has 0 saturated carbocycles. The molecule has 0 aromatic rings. The fourth-order valence-electron chi connectivity index (χ4n) is 4.18. The molecule has 0 heterocycles. The standard InChI is InChI=1S/C23H52NO3Si.ClH/c1-7-13-14-15-16-17-18-19-21-24(8-2,9-3)22-20-23-28(25-10-4,26-11-5)27-12-6;/h7-23H2,1-6H3;1H/q+1;/p-1. The number of halogens is 1. The lowest BCUT2D eigenvalue weighted by molar-refractivity contribution is -0.925. The number of rotatable bonds is 21. The predicted molar refractivity (Wildman–Crippen MR) is 124 cm³/mol. The summed E-state index contributed by atoms with van der Waals surface area (Å²) in [4.78, 5) is 0. The highest BCUT2D eigenvalue weighted by atomic mass is 35.5. The van der Waals surface area contributed by atoms with Gasteiger partial charge in [0.1, 0.15) is 0 Å². The third kappa shape index (κ3) is 14.1. The summed E-state index contributed by atoms with van der Waals surface area (Å²) in [5.41, 5.74) is 0. The quantitative estimate of drug-likeness (QED) is 0.151. The first-order valence-electron chi connectivity index (χ1n) is 12.3. The molecule has 6 heteroatoms. The highest BCUT2D eigenvalue weighted by molar-refractivity contribution is 6.60. The minimum absolute atomic E-state index is 0. The van der Waals surface area contributed by atoms with Gasteiger partial charge in [0.25, 0.3) is 0 Å². The molecule has 0 fully saturated rings. The Hall–Kier alpha value is 0.347. The summed E-state index contributed by atoms with van der Waals surface area (Å²) in [6, 6.07) is 0.944. The lowest BCUT2D eigenvalue weighted by Gasteiger charge is -2.38. The van der Waals surface area contributed by atoms with Crippen LogP contribution in [0.2, 0.25) is 6.04 Å². The molecule has 0 unspecified atom stereocenters. The monoisotopic (exact) mass is 453 g/mol. The number of nitrogens with zero attached hydrogens (tertiary/aromatic N) is 1. The number of unbranched alkanes of at least 4 members (excludes halogenated alkanes) is 7. The van der Waals surface area contributed by atoms with Gasteiger partial charge in [-0.2, -0.15) is 0 Å². The van der Waals surface area contributed by atoms with Crippen LogP contribution in [0.15, 0.2) is 0 Å². The van der Waals surface area contributed by atoms with Crippen molar-refractivity contribution in [2.24, 2.45) is 0 Å². The number of hydrogen-bond donors (Lipinski definition) is 0. The van der Waals surface area contributed by atoms with E-state index in [0.29, 0.717) is 19.8 Å². The molecule has 0 rings (SSSR count). The van der Waals surface area contributed by atoms with Crippen molar-refractivity contribution in [3.8, 4) is 0 Å². The Morgan fingerprint density at radius 3 is 1.38 bits per heavy atom. The van der Waals surface area contributed by atoms with Crippen molar-refractivity contribution in [1.29, 1.82) is 0 Å². The maximum atomic E-state index is 6.03. The molecule has 0 amide bonds. The largest absolute Gasteiger partial charge is 1.00 e. The van der Waals surface area contributed by atoms with Gasteiger partial charge >= 0.3 is 8.80 Å². The summed E-state index contributed by atoms with van der Waals surface area (Å²) in [6.07, 6.45) is 12.3. The van der Waals surface area contributed by atoms with Gasteiger partial charge in [0.2, 0.25) is 0 Å². The van der Waals surface area contributed by atoms with Crippen molar-refractivity contribution in [3.05, 3.63) is 0 Å². The van der Waals surface area contributed by atoms with E-state index in [-0.39, 0.29) is 12.4 Å². The second-order valence-electron chi connectivity index (χ2n) is 7.98. The van der Waals surface area contributed by atoms with E-state index in [4.69, 9.17) is 13.3 Å². The molecule has 4 nitrogen and oxygen atoms in total. The normalized spacial score (nSPS) is 12.2. The van der Waals surface area contributed by atoms with Crippen LogP contribution in [0.5, 0.6) is 0 Å². The Kier molecular flexibility index (Phi) is 22.0. The summed E-state index contributed by atoms with van der Waals surface area (Å²) in [7, 11) is -2.49. The molecule has 0 bridgehead atoms. The topological polar surface area (TPSA) is 27.7 Å². The second-order valence-corrected chi connectivity index (χ2v) is 10.7. The van der Waals surface area contributed by atoms with Crippen LogP contribution < -0.4 is 12.4 Å². The summed E-state index contributed by atoms with van der Waals surface area (Å²) in [5, 5.41) is 0. The van der Waals surface area contributed by atoms with Gasteiger partial charge in [-0.3, -0.25) is 0 Å². The van der Waals surface area contributed by atoms with Gasteiger partial charge in [-0.25, -0.2) is 0 Å². The third-order valence-electron chi connectivity index (χ3n) is 6.04. The van der Waals surface area contributed by atoms with E-state index in [1.54, 1.807) is 0 Å². The molecular formula is C23H52ClNO3Si. The highest BCUT2D eigenvalue weighted by Gasteiger charge is 2.40. The average molecular weight is 454 g/mol. The second kappa shape index (κ2) is 20.3. The molecule has 0 radical (unpaired) electrons. The minimum atomic E-state index is -2.49. The fraction of sp³-hybridized carbons (Fsp3) is 1.00. The van der Waals surface area contributed by atoms with Crippen molar-refractivity contribution in [2.45, 2.75) is 105 Å². The number of quaternary nitrogens is 1. The molecule has 0 aliphatic rings. The maximum absolute atomic E-state index is 6.03. The zero-order valence-corrected chi connectivity index (χ0v) is 22.3. The Bertz CT molecular complexity index is 327. The smallest absolute Gasteiger partial charge is 0.501 e. The lowest BCUT2D eigenvalue weighted by atomic mass is 10.1. The van der Waals surface area contributed by atoms with Crippen LogP contribution >= 0.6 is 0 Å². The molecule has 0 N–H and O–H groups in total. The van der Waals surface area contributed by atoms with Crippen molar-refractivity contribution in [2.75, 3.05) is 46.0 Å². The van der Waals surface area contributed by atoms with E-state index in [2.05, 4.69) is 20.8 Å². The Morgan fingerprint density at radius 1 is 0.552 bits per heavy atom. The summed E-state index contributed by atoms with van der Waals surface area (Å²) >= 11 is 0. The van der Waals surface area contributed by atoms with Gasteiger partial charge in [0.15, 0.2) is 0 Å². The van der Waals surface area contributed by atoms with Crippen LogP contribution in [0, 0.1) is 0 Å². The van der Waals surface area contributed by atoms with E-state index in [0.717, 1.165) is 12.5 Å². The SMILES string of the molecule is CCCCCCCCCC[N+](CC)(CC)CCC[Si](OCC)(OCC)OCC.[Cl-]. The first kappa shape index (κ1) is 31.5. The average Bonchev–Trinajstić information content (AvgIpc) is 2.69. The highest BCUT2D eigenvalue weighted by Crippen LogP contribution is 2.21. The van der Waals surface area contributed by atoms with E-state index >= 15 is 0 Å². The van der Waals surface area contributed by atoms with Gasteiger partial charge in [-0.05, 0) is 47.5 Å². The van der Waals surface area contributed by atoms with Crippen molar-refractivity contribution in [1.82, 2.24) is 0 Å². The molecule has 0 spiro atoms. The molecule has 0 aliphatic carbocycles. The van der Waals surface area contributed by atoms with Crippen LogP contribution in [-0.4, -0.2) is 59.3 Å². The van der Waals surface area contributed by atoms with Crippen molar-refractivity contribution >= 4 is 8.80 Å². The minimum Gasteiger partial charge on any atom is -1.00 e. The van der Waals surface area contributed by atoms with E-state index in [9.17, 15) is 0 Å². The number of hydrogen-bond acceptors (Lipinski definition) is 3. The maximum Gasteiger partial charge on any atom is 0.501 e. The van der Waals surface area contributed by atoms with E-state index in [1.165, 1.54) is 82.0 Å². The molecule has 29 heavy (non-hydrogen) atoms. The van der Waals surface area contributed by atoms with Crippen molar-refractivity contribution in [3.63, 3.8) is 0 Å². The molecule has 0 aromatic carbocycles. The summed E-state index contributed by atoms with van der Waals surface area (Å²) in [6.45, 7) is 20.1. The van der Waals surface area contributed by atoms with Crippen LogP contribution in [0.3, 0.4) is 0 Å². The molecule has 0 atom stereocenters. The molecular weight excluding hydrogens is 402 g/mol. The molecule has 0 aromatic heterocycles. The van der Waals surface area contributed by atoms with Crippen LogP contribution in [0.25, 0.3) is 0 Å². The van der Waals surface area contributed by atoms with Crippen molar-refractivity contribution < 1.29 is 30.2 Å². The van der Waals surface area contributed by atoms with Crippen LogP contribution in [-0.2, 0) is 13.3 Å². The van der Waals surface area contributed by atoms with Gasteiger partial charge in [-0.1, -0.05) is 45.4 Å². The van der Waals surface area contributed by atoms with Gasteiger partial charge < -0.3 is 30.2 Å². The molecule has 0 aliphatic heterocycles. The first-order valence-corrected chi connectivity index (χ1v) is 14.3. The third-order valence-corrected chi connectivity index (χ3v) is 9.19. The van der Waals surface area contributed by atoms with Gasteiger partial charge in [-0.15, -0.1) is 0 Å². The van der Waals surface area contributed by atoms with E-state index in [1.807, 2.05) is 20.8 Å². The summed E-state index contributed by atoms with van der Waals surface area (Å²) in [5.74, 6) is 0. The van der Waals surface area contributed by atoms with E-state index < -0.39 is 8.80 Å². The van der Waals surface area contributed by atoms with Crippen LogP contribution in [0.1, 0.15) is 99.3 Å². The Morgan fingerprint density at radius 2 is 0.966 bits per heavy atom. The zero-order chi connectivity index (χ0) is 21.1. The molecule has 0 saturated heterocycles. The Balaban J connectivity index is 0. The first-order chi connectivity index (χ1) is 13.6. The van der Waals surface area contributed by atoms with Gasteiger partial charge in [0.05, 0.1) is 26.2 Å². The van der Waals surface area contributed by atoms with Gasteiger partial charge in [0, 0.05) is 32.3 Å². The predicted octanol–water partition coefficient (Wildman–Crippen LogP) is 3.43. The molecule has 178 valence electrons.